The van der Waals surface area contributed by atoms with Gasteiger partial charge in [0.15, 0.2) is 11.8 Å². The lowest BCUT2D eigenvalue weighted by Gasteiger charge is -2.43. The molecule has 0 amide bonds. The van der Waals surface area contributed by atoms with Crippen LogP contribution in [0.2, 0.25) is 0 Å². The Morgan fingerprint density at radius 3 is 2.37 bits per heavy atom. The van der Waals surface area contributed by atoms with Crippen molar-refractivity contribution in [2.75, 3.05) is 33.2 Å². The Balaban J connectivity index is 0.00000261. The molecule has 1 aromatic heterocycles. The third-order valence-electron chi connectivity index (χ3n) is 5.99. The Labute approximate surface area is 180 Å². The number of aryl methyl sites for hydroxylation is 1. The van der Waals surface area contributed by atoms with Crippen LogP contribution < -0.4 is 5.32 Å². The maximum atomic E-state index is 5.16. The van der Waals surface area contributed by atoms with Gasteiger partial charge in [0.1, 0.15) is 0 Å². The minimum Gasteiger partial charge on any atom is -0.347 e. The molecule has 0 spiro atoms. The number of hydrogen-bond acceptors (Lipinski definition) is 5. The summed E-state index contributed by atoms with van der Waals surface area (Å²) in [6.07, 6.45) is 5.53. The van der Waals surface area contributed by atoms with Gasteiger partial charge in [0.05, 0.1) is 6.54 Å². The van der Waals surface area contributed by atoms with Crippen molar-refractivity contribution in [1.82, 2.24) is 25.3 Å². The molecule has 2 heterocycles. The molecule has 0 aromatic carbocycles. The molecule has 0 bridgehead atoms. The molecule has 2 fully saturated rings. The van der Waals surface area contributed by atoms with Crippen LogP contribution in [-0.2, 0) is 6.54 Å². The molecule has 2 aliphatic rings. The van der Waals surface area contributed by atoms with Crippen LogP contribution in [0.1, 0.15) is 51.2 Å². The van der Waals surface area contributed by atoms with Crippen LogP contribution in [-0.4, -0.2) is 65.2 Å². The lowest BCUT2D eigenvalue weighted by atomic mass is 9.79. The molecule has 1 saturated carbocycles. The molecule has 1 aromatic rings. The standard InChI is InChI=1S/C19H34N6O.HI/c1-14(2)16-5-7-17(8-6-16)24-9-11-25(12-10-24)19(20-4)21-13-18-22-15(3)23-26-18;/h14,16-17H,5-13H2,1-4H3,(H,20,21);1H. The van der Waals surface area contributed by atoms with Crippen molar-refractivity contribution >= 4 is 29.9 Å². The first-order chi connectivity index (χ1) is 12.6. The molecule has 0 atom stereocenters. The highest BCUT2D eigenvalue weighted by Crippen LogP contribution is 2.32. The van der Waals surface area contributed by atoms with Gasteiger partial charge in [-0.25, -0.2) is 0 Å². The molecule has 154 valence electrons. The summed E-state index contributed by atoms with van der Waals surface area (Å²) < 4.78 is 5.16. The van der Waals surface area contributed by atoms with Crippen molar-refractivity contribution in [2.24, 2.45) is 16.8 Å². The molecule has 1 aliphatic carbocycles. The number of hydrogen-bond donors (Lipinski definition) is 1. The van der Waals surface area contributed by atoms with E-state index >= 15 is 0 Å². The van der Waals surface area contributed by atoms with E-state index < -0.39 is 0 Å². The van der Waals surface area contributed by atoms with Crippen LogP contribution in [0.4, 0.5) is 0 Å². The quantitative estimate of drug-likeness (QED) is 0.398. The lowest BCUT2D eigenvalue weighted by molar-refractivity contribution is 0.0863. The van der Waals surface area contributed by atoms with E-state index in [1.165, 1.54) is 25.7 Å². The fourth-order valence-electron chi connectivity index (χ4n) is 4.33. The zero-order chi connectivity index (χ0) is 18.5. The largest absolute Gasteiger partial charge is 0.347 e. The van der Waals surface area contributed by atoms with Gasteiger partial charge in [-0.05, 0) is 44.4 Å². The van der Waals surface area contributed by atoms with E-state index in [9.17, 15) is 0 Å². The van der Waals surface area contributed by atoms with Gasteiger partial charge in [-0.15, -0.1) is 24.0 Å². The number of nitrogens with one attached hydrogen (secondary N) is 1. The Hall–Kier alpha value is -0.900. The number of guanidine groups is 1. The molecule has 0 unspecified atom stereocenters. The second-order valence-corrected chi connectivity index (χ2v) is 7.97. The Bertz CT molecular complexity index is 589. The minimum absolute atomic E-state index is 0. The smallest absolute Gasteiger partial charge is 0.246 e. The van der Waals surface area contributed by atoms with E-state index in [1.54, 1.807) is 0 Å². The molecule has 3 rings (SSSR count). The Kier molecular flexibility index (Phi) is 8.78. The SMILES string of the molecule is CN=C(NCc1nc(C)no1)N1CCN(C2CCC(C(C)C)CC2)CC1.I. The topological polar surface area (TPSA) is 69.8 Å². The summed E-state index contributed by atoms with van der Waals surface area (Å²) in [5.41, 5.74) is 0. The average molecular weight is 490 g/mol. The first-order valence-corrected chi connectivity index (χ1v) is 10.1. The van der Waals surface area contributed by atoms with Crippen molar-refractivity contribution in [3.8, 4) is 0 Å². The van der Waals surface area contributed by atoms with Crippen molar-refractivity contribution in [3.05, 3.63) is 11.7 Å². The molecule has 27 heavy (non-hydrogen) atoms. The first-order valence-electron chi connectivity index (χ1n) is 10.1. The van der Waals surface area contributed by atoms with Gasteiger partial charge >= 0.3 is 0 Å². The summed E-state index contributed by atoms with van der Waals surface area (Å²) in [4.78, 5) is 13.7. The number of aromatic nitrogens is 2. The molecule has 0 radical (unpaired) electrons. The highest BCUT2D eigenvalue weighted by atomic mass is 127. The van der Waals surface area contributed by atoms with E-state index in [0.717, 1.165) is 50.0 Å². The van der Waals surface area contributed by atoms with Crippen LogP contribution in [0, 0.1) is 18.8 Å². The molecule has 1 N–H and O–H groups in total. The Morgan fingerprint density at radius 2 is 1.85 bits per heavy atom. The molecule has 1 saturated heterocycles. The normalized spacial score (nSPS) is 24.8. The summed E-state index contributed by atoms with van der Waals surface area (Å²) in [6, 6.07) is 0.781. The average Bonchev–Trinajstić information content (AvgIpc) is 3.08. The van der Waals surface area contributed by atoms with Crippen LogP contribution >= 0.6 is 24.0 Å². The van der Waals surface area contributed by atoms with E-state index in [0.29, 0.717) is 18.3 Å². The van der Waals surface area contributed by atoms with Crippen molar-refractivity contribution < 1.29 is 4.52 Å². The maximum Gasteiger partial charge on any atom is 0.246 e. The first kappa shape index (κ1) is 22.4. The highest BCUT2D eigenvalue weighted by molar-refractivity contribution is 14.0. The van der Waals surface area contributed by atoms with Gasteiger partial charge in [-0.3, -0.25) is 9.89 Å². The lowest BCUT2D eigenvalue weighted by Crippen LogP contribution is -2.55. The third-order valence-corrected chi connectivity index (χ3v) is 5.99. The second kappa shape index (κ2) is 10.6. The van der Waals surface area contributed by atoms with Crippen LogP contribution in [0.3, 0.4) is 0 Å². The van der Waals surface area contributed by atoms with Crippen LogP contribution in [0.25, 0.3) is 0 Å². The number of nitrogens with zero attached hydrogens (tertiary/aromatic N) is 5. The molecule has 1 aliphatic heterocycles. The van der Waals surface area contributed by atoms with Gasteiger partial charge in [0, 0.05) is 39.3 Å². The predicted molar refractivity (Wildman–Crippen MR) is 118 cm³/mol. The number of aliphatic imine (C=N–C) groups is 1. The molecular weight excluding hydrogens is 455 g/mol. The zero-order valence-electron chi connectivity index (χ0n) is 17.1. The van der Waals surface area contributed by atoms with E-state index in [2.05, 4.69) is 44.1 Å². The van der Waals surface area contributed by atoms with Crippen molar-refractivity contribution in [1.29, 1.82) is 0 Å². The van der Waals surface area contributed by atoms with Gasteiger partial charge in [-0.1, -0.05) is 19.0 Å². The van der Waals surface area contributed by atoms with Gasteiger partial charge < -0.3 is 14.7 Å². The fourth-order valence-corrected chi connectivity index (χ4v) is 4.33. The van der Waals surface area contributed by atoms with Crippen molar-refractivity contribution in [2.45, 2.75) is 59.0 Å². The van der Waals surface area contributed by atoms with Crippen LogP contribution in [0.5, 0.6) is 0 Å². The summed E-state index contributed by atoms with van der Waals surface area (Å²) in [6.45, 7) is 11.4. The second-order valence-electron chi connectivity index (χ2n) is 7.97. The van der Waals surface area contributed by atoms with E-state index in [4.69, 9.17) is 4.52 Å². The van der Waals surface area contributed by atoms with Crippen LogP contribution in [0.15, 0.2) is 9.52 Å². The number of halogens is 1. The highest BCUT2D eigenvalue weighted by Gasteiger charge is 2.29. The van der Waals surface area contributed by atoms with Gasteiger partial charge in [-0.2, -0.15) is 4.98 Å². The zero-order valence-corrected chi connectivity index (χ0v) is 19.5. The number of rotatable bonds is 4. The monoisotopic (exact) mass is 490 g/mol. The minimum atomic E-state index is 0. The van der Waals surface area contributed by atoms with Crippen molar-refractivity contribution in [3.63, 3.8) is 0 Å². The van der Waals surface area contributed by atoms with Gasteiger partial charge in [0.25, 0.3) is 0 Å². The summed E-state index contributed by atoms with van der Waals surface area (Å²) in [5.74, 6) is 3.96. The van der Waals surface area contributed by atoms with Gasteiger partial charge in [0.2, 0.25) is 5.89 Å². The summed E-state index contributed by atoms with van der Waals surface area (Å²) in [5, 5.41) is 7.17. The third kappa shape index (κ3) is 6.04. The predicted octanol–water partition coefficient (Wildman–Crippen LogP) is 2.90. The fraction of sp³-hybridized carbons (Fsp3) is 0.842. The molecule has 7 nitrogen and oxygen atoms in total. The van der Waals surface area contributed by atoms with E-state index in [-0.39, 0.29) is 24.0 Å². The number of piperazine rings is 1. The molecule has 8 heteroatoms. The Morgan fingerprint density at radius 1 is 1.19 bits per heavy atom. The summed E-state index contributed by atoms with van der Waals surface area (Å²) >= 11 is 0. The summed E-state index contributed by atoms with van der Waals surface area (Å²) in [7, 11) is 1.83. The molecular formula is C19H35IN6O. The maximum absolute atomic E-state index is 5.16. The van der Waals surface area contributed by atoms with E-state index in [1.807, 2.05) is 14.0 Å².